The van der Waals surface area contributed by atoms with Gasteiger partial charge in [-0.25, -0.2) is 0 Å². The van der Waals surface area contributed by atoms with E-state index in [0.717, 1.165) is 80.3 Å². The molecule has 0 saturated carbocycles. The van der Waals surface area contributed by atoms with Crippen molar-refractivity contribution in [1.82, 2.24) is 4.90 Å². The van der Waals surface area contributed by atoms with Gasteiger partial charge < -0.3 is 9.64 Å². The Labute approximate surface area is 247 Å². The largest absolute Gasteiger partial charge is 0.489 e. The SMILES string of the molecule is Cc1cc(Cl)ccc1C1=C(c2ccc(OC3CCN(CCCF)C3)cc2)c2ccc(N3CCCC3=O)cc2CCC1. The van der Waals surface area contributed by atoms with Crippen LogP contribution in [0.1, 0.15) is 66.3 Å². The lowest BCUT2D eigenvalue weighted by Gasteiger charge is -2.21. The van der Waals surface area contributed by atoms with E-state index in [1.54, 1.807) is 0 Å². The highest BCUT2D eigenvalue weighted by Crippen LogP contribution is 2.42. The second-order valence-electron chi connectivity index (χ2n) is 11.6. The van der Waals surface area contributed by atoms with E-state index in [1.165, 1.54) is 33.4 Å². The highest BCUT2D eigenvalue weighted by atomic mass is 35.5. The van der Waals surface area contributed by atoms with E-state index in [-0.39, 0.29) is 18.7 Å². The molecule has 0 N–H and O–H groups in total. The fourth-order valence-electron chi connectivity index (χ4n) is 6.70. The van der Waals surface area contributed by atoms with E-state index in [9.17, 15) is 9.18 Å². The van der Waals surface area contributed by atoms with Gasteiger partial charge in [-0.2, -0.15) is 0 Å². The minimum Gasteiger partial charge on any atom is -0.489 e. The number of carbonyl (C=O) groups excluding carboxylic acids is 1. The molecule has 1 unspecified atom stereocenters. The summed E-state index contributed by atoms with van der Waals surface area (Å²) in [5.41, 5.74) is 9.67. The van der Waals surface area contributed by atoms with E-state index in [1.807, 2.05) is 17.0 Å². The molecule has 41 heavy (non-hydrogen) atoms. The Morgan fingerprint density at radius 3 is 2.54 bits per heavy atom. The van der Waals surface area contributed by atoms with Gasteiger partial charge in [-0.05, 0) is 121 Å². The molecule has 1 aliphatic carbocycles. The number of aryl methyl sites for hydroxylation is 2. The molecule has 214 valence electrons. The number of carbonyl (C=O) groups is 1. The number of anilines is 1. The molecule has 2 fully saturated rings. The van der Waals surface area contributed by atoms with Crippen molar-refractivity contribution >= 4 is 34.3 Å². The van der Waals surface area contributed by atoms with Crippen molar-refractivity contribution in [3.05, 3.63) is 93.5 Å². The molecule has 6 rings (SSSR count). The van der Waals surface area contributed by atoms with Gasteiger partial charge in [0.1, 0.15) is 11.9 Å². The van der Waals surface area contributed by atoms with Crippen molar-refractivity contribution < 1.29 is 13.9 Å². The average Bonchev–Trinajstić information content (AvgIpc) is 3.56. The van der Waals surface area contributed by atoms with Crippen molar-refractivity contribution in [1.29, 1.82) is 0 Å². The van der Waals surface area contributed by atoms with E-state index in [0.29, 0.717) is 12.8 Å². The van der Waals surface area contributed by atoms with Crippen LogP contribution in [0.5, 0.6) is 5.75 Å². The average molecular weight is 573 g/mol. The van der Waals surface area contributed by atoms with E-state index >= 15 is 0 Å². The number of fused-ring (bicyclic) bond motifs is 1. The predicted octanol–water partition coefficient (Wildman–Crippen LogP) is 7.88. The first-order valence-corrected chi connectivity index (χ1v) is 15.4. The van der Waals surface area contributed by atoms with Crippen LogP contribution in [0.4, 0.5) is 10.1 Å². The van der Waals surface area contributed by atoms with Crippen LogP contribution in [0.3, 0.4) is 0 Å². The van der Waals surface area contributed by atoms with Crippen LogP contribution in [0.25, 0.3) is 11.1 Å². The number of hydrogen-bond acceptors (Lipinski definition) is 3. The second kappa shape index (κ2) is 12.4. The van der Waals surface area contributed by atoms with Crippen LogP contribution in [0, 0.1) is 6.92 Å². The fraction of sp³-hybridized carbons (Fsp3) is 0.400. The molecule has 3 aromatic carbocycles. The lowest BCUT2D eigenvalue weighted by molar-refractivity contribution is -0.117. The summed E-state index contributed by atoms with van der Waals surface area (Å²) in [5, 5.41) is 0.749. The van der Waals surface area contributed by atoms with Crippen molar-refractivity contribution in [2.75, 3.05) is 37.8 Å². The number of ether oxygens (including phenoxy) is 1. The second-order valence-corrected chi connectivity index (χ2v) is 12.0. The maximum Gasteiger partial charge on any atom is 0.227 e. The van der Waals surface area contributed by atoms with Gasteiger partial charge in [0, 0.05) is 43.3 Å². The fourth-order valence-corrected chi connectivity index (χ4v) is 6.93. The minimum absolute atomic E-state index is 0.136. The summed E-state index contributed by atoms with van der Waals surface area (Å²) >= 11 is 6.35. The molecule has 3 aromatic rings. The van der Waals surface area contributed by atoms with E-state index in [4.69, 9.17) is 16.3 Å². The molecule has 0 bridgehead atoms. The Hall–Kier alpha value is -3.15. The molecule has 4 nitrogen and oxygen atoms in total. The maximum absolute atomic E-state index is 12.6. The normalized spacial score (nSPS) is 19.5. The number of rotatable bonds is 8. The smallest absolute Gasteiger partial charge is 0.227 e. The number of alkyl halides is 1. The zero-order valence-corrected chi connectivity index (χ0v) is 24.6. The van der Waals surface area contributed by atoms with Gasteiger partial charge in [-0.15, -0.1) is 0 Å². The topological polar surface area (TPSA) is 32.8 Å². The number of likely N-dealkylation sites (tertiary alicyclic amines) is 1. The Morgan fingerprint density at radius 1 is 0.951 bits per heavy atom. The summed E-state index contributed by atoms with van der Waals surface area (Å²) < 4.78 is 18.9. The van der Waals surface area contributed by atoms with Crippen LogP contribution in [0.15, 0.2) is 60.7 Å². The number of nitrogens with zero attached hydrogens (tertiary/aromatic N) is 2. The monoisotopic (exact) mass is 572 g/mol. The first-order chi connectivity index (χ1) is 20.0. The third-order valence-corrected chi connectivity index (χ3v) is 8.95. The summed E-state index contributed by atoms with van der Waals surface area (Å²) in [5.74, 6) is 1.09. The minimum atomic E-state index is -0.266. The molecule has 3 aliphatic rings. The summed E-state index contributed by atoms with van der Waals surface area (Å²) in [6.07, 6.45) is 6.20. The highest BCUT2D eigenvalue weighted by molar-refractivity contribution is 6.30. The molecule has 2 aliphatic heterocycles. The number of allylic oxidation sites excluding steroid dienone is 1. The van der Waals surface area contributed by atoms with Gasteiger partial charge in [0.05, 0.1) is 6.67 Å². The Balaban J connectivity index is 1.36. The predicted molar refractivity (Wildman–Crippen MR) is 166 cm³/mol. The zero-order chi connectivity index (χ0) is 28.3. The quantitative estimate of drug-likeness (QED) is 0.275. The van der Waals surface area contributed by atoms with Crippen molar-refractivity contribution in [3.63, 3.8) is 0 Å². The van der Waals surface area contributed by atoms with Gasteiger partial charge in [0.25, 0.3) is 0 Å². The summed E-state index contributed by atoms with van der Waals surface area (Å²) in [7, 11) is 0. The van der Waals surface area contributed by atoms with Gasteiger partial charge in [-0.3, -0.25) is 14.1 Å². The lowest BCUT2D eigenvalue weighted by Crippen LogP contribution is -2.26. The Kier molecular flexibility index (Phi) is 8.45. The maximum atomic E-state index is 12.6. The summed E-state index contributed by atoms with van der Waals surface area (Å²) in [4.78, 5) is 16.7. The van der Waals surface area contributed by atoms with Crippen molar-refractivity contribution in [2.24, 2.45) is 0 Å². The third kappa shape index (κ3) is 6.07. The van der Waals surface area contributed by atoms with Crippen LogP contribution in [-0.2, 0) is 11.2 Å². The molecule has 0 radical (unpaired) electrons. The van der Waals surface area contributed by atoms with Gasteiger partial charge in [0.2, 0.25) is 5.91 Å². The van der Waals surface area contributed by atoms with Gasteiger partial charge >= 0.3 is 0 Å². The first kappa shape index (κ1) is 28.0. The molecule has 6 heteroatoms. The van der Waals surface area contributed by atoms with Crippen LogP contribution < -0.4 is 9.64 Å². The van der Waals surface area contributed by atoms with E-state index in [2.05, 4.69) is 60.4 Å². The van der Waals surface area contributed by atoms with Crippen LogP contribution >= 0.6 is 11.6 Å². The van der Waals surface area contributed by atoms with E-state index < -0.39 is 0 Å². The lowest BCUT2D eigenvalue weighted by atomic mass is 9.86. The number of hydrogen-bond donors (Lipinski definition) is 0. The number of amides is 1. The first-order valence-electron chi connectivity index (χ1n) is 15.0. The molecular weight excluding hydrogens is 535 g/mol. The van der Waals surface area contributed by atoms with Gasteiger partial charge in [0.15, 0.2) is 0 Å². The number of benzene rings is 3. The molecule has 0 spiro atoms. The van der Waals surface area contributed by atoms with Crippen molar-refractivity contribution in [2.45, 2.75) is 58.0 Å². The third-order valence-electron chi connectivity index (χ3n) is 8.71. The molecular formula is C35H38ClFN2O2. The summed E-state index contributed by atoms with van der Waals surface area (Å²) in [6.45, 7) is 5.27. The Morgan fingerprint density at radius 2 is 1.78 bits per heavy atom. The molecule has 0 aromatic heterocycles. The molecule has 1 atom stereocenters. The molecule has 2 heterocycles. The van der Waals surface area contributed by atoms with Crippen LogP contribution in [-0.4, -0.2) is 49.8 Å². The standard InChI is InChI=1S/C35H38ClFN2O2/c1-24-21-27(36)10-14-31(24)33-6-2-5-26-22-28(39-19-3-7-34(39)40)11-15-32(26)35(33)25-8-12-29(13-9-25)41-30-16-20-38(23-30)18-4-17-37/h8-15,21-22,30H,2-7,16-20,23H2,1H3. The van der Waals surface area contributed by atoms with Crippen LogP contribution in [0.2, 0.25) is 5.02 Å². The van der Waals surface area contributed by atoms with Crippen molar-refractivity contribution in [3.8, 4) is 5.75 Å². The molecule has 2 saturated heterocycles. The van der Waals surface area contributed by atoms with Gasteiger partial charge in [-0.1, -0.05) is 35.9 Å². The highest BCUT2D eigenvalue weighted by Gasteiger charge is 2.26. The molecule has 1 amide bonds. The summed E-state index contributed by atoms with van der Waals surface area (Å²) in [6, 6.07) is 21.3. The number of halogens is 2. The Bertz CT molecular complexity index is 1450. The zero-order valence-electron chi connectivity index (χ0n) is 23.8.